The Morgan fingerprint density at radius 1 is 1.31 bits per heavy atom. The molecule has 0 fully saturated rings. The van der Waals surface area contributed by atoms with Crippen molar-refractivity contribution < 1.29 is 0 Å². The second-order valence-electron chi connectivity index (χ2n) is 3.69. The highest BCUT2D eigenvalue weighted by atomic mass is 35.5. The predicted molar refractivity (Wildman–Crippen MR) is 64.0 cm³/mol. The van der Waals surface area contributed by atoms with Gasteiger partial charge in [0.1, 0.15) is 11.5 Å². The fourth-order valence-electron chi connectivity index (χ4n) is 1.89. The summed E-state index contributed by atoms with van der Waals surface area (Å²) < 4.78 is 0. The molecule has 0 radical (unpaired) electrons. The molecule has 0 amide bonds. The van der Waals surface area contributed by atoms with Crippen LogP contribution in [0.4, 0.5) is 0 Å². The van der Waals surface area contributed by atoms with Crippen LogP contribution in [0.1, 0.15) is 5.82 Å². The molecule has 0 aliphatic heterocycles. The largest absolute Gasteiger partial charge is 0.339 e. The van der Waals surface area contributed by atoms with Gasteiger partial charge in [0.05, 0.1) is 5.39 Å². The van der Waals surface area contributed by atoms with E-state index in [1.807, 2.05) is 6.07 Å². The minimum atomic E-state index is -0.129. The minimum absolute atomic E-state index is 0.129. The van der Waals surface area contributed by atoms with E-state index in [1.54, 1.807) is 19.1 Å². The van der Waals surface area contributed by atoms with Gasteiger partial charge in [-0.1, -0.05) is 17.7 Å². The Morgan fingerprint density at radius 3 is 2.94 bits per heavy atom. The van der Waals surface area contributed by atoms with Crippen molar-refractivity contribution >= 4 is 33.5 Å². The number of hydrogen-bond donors (Lipinski definition) is 2. The van der Waals surface area contributed by atoms with Crippen molar-refractivity contribution in [1.82, 2.24) is 15.0 Å². The number of halogens is 1. The smallest absolute Gasteiger partial charge is 0.261 e. The third kappa shape index (κ3) is 1.23. The Morgan fingerprint density at radius 2 is 2.12 bits per heavy atom. The Bertz CT molecular complexity index is 757. The Kier molecular flexibility index (Phi) is 1.82. The van der Waals surface area contributed by atoms with Crippen molar-refractivity contribution in [2.24, 2.45) is 0 Å². The highest BCUT2D eigenvalue weighted by Gasteiger charge is 2.09. The Hall–Kier alpha value is -1.81. The molecule has 2 N–H and O–H groups in total. The SMILES string of the molecule is Cc1nc2[nH]c3cc(Cl)ccc3c2c(=O)[nH]1. The average Bonchev–Trinajstić information content (AvgIpc) is 2.54. The lowest BCUT2D eigenvalue weighted by molar-refractivity contribution is 1.05. The van der Waals surface area contributed by atoms with E-state index in [-0.39, 0.29) is 5.56 Å². The van der Waals surface area contributed by atoms with E-state index < -0.39 is 0 Å². The number of hydrogen-bond acceptors (Lipinski definition) is 2. The highest BCUT2D eigenvalue weighted by Crippen LogP contribution is 2.23. The van der Waals surface area contributed by atoms with Crippen molar-refractivity contribution in [2.45, 2.75) is 6.92 Å². The van der Waals surface area contributed by atoms with Gasteiger partial charge in [0.15, 0.2) is 0 Å². The Balaban J connectivity index is 2.61. The number of benzene rings is 1. The maximum atomic E-state index is 11.8. The van der Waals surface area contributed by atoms with Crippen LogP contribution >= 0.6 is 11.6 Å². The van der Waals surface area contributed by atoms with Crippen molar-refractivity contribution in [2.75, 3.05) is 0 Å². The summed E-state index contributed by atoms with van der Waals surface area (Å²) in [6, 6.07) is 5.37. The van der Waals surface area contributed by atoms with Crippen LogP contribution in [0.2, 0.25) is 5.02 Å². The summed E-state index contributed by atoms with van der Waals surface area (Å²) in [4.78, 5) is 21.8. The van der Waals surface area contributed by atoms with Gasteiger partial charge in [0.25, 0.3) is 5.56 Å². The van der Waals surface area contributed by atoms with Crippen LogP contribution in [0.5, 0.6) is 0 Å². The van der Waals surface area contributed by atoms with Gasteiger partial charge in [-0.2, -0.15) is 0 Å². The first-order chi connectivity index (χ1) is 7.65. The normalized spacial score (nSPS) is 11.4. The van der Waals surface area contributed by atoms with E-state index in [4.69, 9.17) is 11.6 Å². The second-order valence-corrected chi connectivity index (χ2v) is 4.13. The minimum Gasteiger partial charge on any atom is -0.339 e. The Labute approximate surface area is 95.3 Å². The van der Waals surface area contributed by atoms with E-state index >= 15 is 0 Å². The zero-order chi connectivity index (χ0) is 11.3. The zero-order valence-corrected chi connectivity index (χ0v) is 9.22. The molecule has 2 heterocycles. The van der Waals surface area contributed by atoms with Crippen LogP contribution in [0.3, 0.4) is 0 Å². The summed E-state index contributed by atoms with van der Waals surface area (Å²) in [7, 11) is 0. The number of rotatable bonds is 0. The summed E-state index contributed by atoms with van der Waals surface area (Å²) in [5, 5.41) is 2.05. The second kappa shape index (κ2) is 3.09. The molecular formula is C11H8ClN3O. The number of nitrogens with zero attached hydrogens (tertiary/aromatic N) is 1. The van der Waals surface area contributed by atoms with Crippen LogP contribution in [0.15, 0.2) is 23.0 Å². The molecular weight excluding hydrogens is 226 g/mol. The molecule has 4 nitrogen and oxygen atoms in total. The van der Waals surface area contributed by atoms with E-state index in [2.05, 4.69) is 15.0 Å². The molecule has 3 rings (SSSR count). The molecule has 80 valence electrons. The molecule has 0 atom stereocenters. The molecule has 5 heteroatoms. The number of nitrogens with one attached hydrogen (secondary N) is 2. The van der Waals surface area contributed by atoms with E-state index in [0.717, 1.165) is 10.9 Å². The topological polar surface area (TPSA) is 61.5 Å². The zero-order valence-electron chi connectivity index (χ0n) is 8.47. The summed E-state index contributed by atoms with van der Waals surface area (Å²) >= 11 is 5.89. The third-order valence-corrected chi connectivity index (χ3v) is 2.78. The molecule has 0 bridgehead atoms. The average molecular weight is 234 g/mol. The van der Waals surface area contributed by atoms with Crippen LogP contribution in [-0.2, 0) is 0 Å². The van der Waals surface area contributed by atoms with Crippen LogP contribution < -0.4 is 5.56 Å². The number of aromatic nitrogens is 3. The first-order valence-electron chi connectivity index (χ1n) is 4.83. The van der Waals surface area contributed by atoms with Crippen molar-refractivity contribution in [3.8, 4) is 0 Å². The van der Waals surface area contributed by atoms with Crippen LogP contribution in [-0.4, -0.2) is 15.0 Å². The van der Waals surface area contributed by atoms with Gasteiger partial charge in [-0.25, -0.2) is 4.98 Å². The summed E-state index contributed by atoms with van der Waals surface area (Å²) in [5.41, 5.74) is 1.29. The fraction of sp³-hybridized carbons (Fsp3) is 0.0909. The maximum absolute atomic E-state index is 11.8. The molecule has 0 unspecified atom stereocenters. The fourth-order valence-corrected chi connectivity index (χ4v) is 2.06. The first kappa shape index (κ1) is 9.42. The monoisotopic (exact) mass is 233 g/mol. The maximum Gasteiger partial charge on any atom is 0.261 e. The van der Waals surface area contributed by atoms with Gasteiger partial charge >= 0.3 is 0 Å². The lowest BCUT2D eigenvalue weighted by atomic mass is 10.2. The quantitative estimate of drug-likeness (QED) is 0.626. The van der Waals surface area contributed by atoms with Gasteiger partial charge in [-0.3, -0.25) is 4.79 Å². The van der Waals surface area contributed by atoms with Gasteiger partial charge < -0.3 is 9.97 Å². The van der Waals surface area contributed by atoms with Gasteiger partial charge in [-0.15, -0.1) is 0 Å². The molecule has 0 aliphatic carbocycles. The molecule has 0 saturated heterocycles. The van der Waals surface area contributed by atoms with E-state index in [1.165, 1.54) is 0 Å². The summed E-state index contributed by atoms with van der Waals surface area (Å²) in [6.07, 6.45) is 0. The molecule has 0 aliphatic rings. The first-order valence-corrected chi connectivity index (χ1v) is 5.21. The molecule has 0 spiro atoms. The van der Waals surface area contributed by atoms with Crippen LogP contribution in [0, 0.1) is 6.92 Å². The van der Waals surface area contributed by atoms with Gasteiger partial charge in [0.2, 0.25) is 0 Å². The van der Waals surface area contributed by atoms with Crippen LogP contribution in [0.25, 0.3) is 21.9 Å². The van der Waals surface area contributed by atoms with Crippen molar-refractivity contribution in [3.05, 3.63) is 39.4 Å². The molecule has 2 aromatic heterocycles. The molecule has 16 heavy (non-hydrogen) atoms. The number of aromatic amines is 2. The summed E-state index contributed by atoms with van der Waals surface area (Å²) in [6.45, 7) is 1.75. The lowest BCUT2D eigenvalue weighted by Gasteiger charge is -1.92. The lowest BCUT2D eigenvalue weighted by Crippen LogP contribution is -2.08. The van der Waals surface area contributed by atoms with Crippen molar-refractivity contribution in [1.29, 1.82) is 0 Å². The predicted octanol–water partition coefficient (Wildman–Crippen LogP) is 2.37. The summed E-state index contributed by atoms with van der Waals surface area (Å²) in [5.74, 6) is 0.593. The van der Waals surface area contributed by atoms with Gasteiger partial charge in [-0.05, 0) is 19.1 Å². The van der Waals surface area contributed by atoms with E-state index in [0.29, 0.717) is 21.9 Å². The number of H-pyrrole nitrogens is 2. The third-order valence-electron chi connectivity index (χ3n) is 2.54. The number of aryl methyl sites for hydroxylation is 1. The molecule has 0 saturated carbocycles. The number of fused-ring (bicyclic) bond motifs is 3. The molecule has 3 aromatic rings. The van der Waals surface area contributed by atoms with E-state index in [9.17, 15) is 4.79 Å². The molecule has 1 aromatic carbocycles. The highest BCUT2D eigenvalue weighted by molar-refractivity contribution is 6.31. The standard InChI is InChI=1S/C11H8ClN3O/c1-5-13-10-9(11(16)14-5)7-3-2-6(12)4-8(7)15-10/h2-4H,1H3,(H2,13,14,15,16). The van der Waals surface area contributed by atoms with Gasteiger partial charge in [0, 0.05) is 15.9 Å². The van der Waals surface area contributed by atoms with Crippen molar-refractivity contribution in [3.63, 3.8) is 0 Å².